The van der Waals surface area contributed by atoms with E-state index in [9.17, 15) is 5.11 Å². The molecule has 198 valence electrons. The molecule has 6 nitrogen and oxygen atoms in total. The lowest BCUT2D eigenvalue weighted by molar-refractivity contribution is 0.0968. The lowest BCUT2D eigenvalue weighted by Crippen LogP contribution is -2.44. The molecule has 4 heterocycles. The molecule has 2 aliphatic heterocycles. The zero-order chi connectivity index (χ0) is 26.6. The van der Waals surface area contributed by atoms with Gasteiger partial charge in [0.2, 0.25) is 0 Å². The van der Waals surface area contributed by atoms with Crippen molar-refractivity contribution < 1.29 is 5.11 Å². The first-order valence-electron chi connectivity index (χ1n) is 14.1. The number of rotatable bonds is 4. The summed E-state index contributed by atoms with van der Waals surface area (Å²) >= 11 is 0. The van der Waals surface area contributed by atoms with E-state index in [0.717, 1.165) is 67.4 Å². The summed E-state index contributed by atoms with van der Waals surface area (Å²) in [7, 11) is 0. The summed E-state index contributed by atoms with van der Waals surface area (Å²) in [6.07, 6.45) is 3.46. The first-order chi connectivity index (χ1) is 18.3. The minimum atomic E-state index is -0.252. The molecule has 0 unspecified atom stereocenters. The summed E-state index contributed by atoms with van der Waals surface area (Å²) in [6.45, 7) is 14.4. The van der Waals surface area contributed by atoms with E-state index in [1.165, 1.54) is 33.3 Å². The van der Waals surface area contributed by atoms with E-state index in [2.05, 4.69) is 92.0 Å². The van der Waals surface area contributed by atoms with Crippen molar-refractivity contribution in [2.24, 2.45) is 5.92 Å². The topological polar surface area (TPSA) is 68.3 Å². The molecule has 0 radical (unpaired) electrons. The van der Waals surface area contributed by atoms with Gasteiger partial charge in [-0.1, -0.05) is 45.0 Å². The Labute approximate surface area is 225 Å². The van der Waals surface area contributed by atoms with E-state index in [1.807, 2.05) is 0 Å². The predicted molar refractivity (Wildman–Crippen MR) is 156 cm³/mol. The van der Waals surface area contributed by atoms with Crippen molar-refractivity contribution in [1.29, 1.82) is 0 Å². The van der Waals surface area contributed by atoms with E-state index in [0.29, 0.717) is 5.92 Å². The van der Waals surface area contributed by atoms with Crippen molar-refractivity contribution in [3.63, 3.8) is 0 Å². The average Bonchev–Trinajstić information content (AvgIpc) is 3.30. The third-order valence-corrected chi connectivity index (χ3v) is 8.58. The molecular weight excluding hydrogens is 470 g/mol. The van der Waals surface area contributed by atoms with Crippen molar-refractivity contribution >= 4 is 22.4 Å². The highest BCUT2D eigenvalue weighted by Gasteiger charge is 2.31. The van der Waals surface area contributed by atoms with Gasteiger partial charge in [0.25, 0.3) is 0 Å². The fraction of sp³-hybridized carbons (Fsp3) is 0.438. The monoisotopic (exact) mass is 509 g/mol. The maximum absolute atomic E-state index is 10.5. The van der Waals surface area contributed by atoms with Gasteiger partial charge in [0.1, 0.15) is 5.82 Å². The summed E-state index contributed by atoms with van der Waals surface area (Å²) in [5, 5.41) is 11.7. The van der Waals surface area contributed by atoms with Crippen molar-refractivity contribution in [2.75, 3.05) is 29.4 Å². The van der Waals surface area contributed by atoms with Gasteiger partial charge in [0, 0.05) is 66.5 Å². The summed E-state index contributed by atoms with van der Waals surface area (Å²) < 4.78 is 0. The number of anilines is 2. The number of hydrogen-bond acceptors (Lipinski definition) is 5. The van der Waals surface area contributed by atoms with E-state index in [4.69, 9.17) is 9.97 Å². The minimum absolute atomic E-state index is 0.206. The molecule has 2 aliphatic rings. The average molecular weight is 510 g/mol. The first-order valence-corrected chi connectivity index (χ1v) is 14.1. The lowest BCUT2D eigenvalue weighted by atomic mass is 9.95. The molecule has 38 heavy (non-hydrogen) atoms. The van der Waals surface area contributed by atoms with Gasteiger partial charge in [0.05, 0.1) is 11.8 Å². The SMILES string of the molecule is Cc1ccc(C(C)C)cc1N1CCc2nc(-c3cccc4[nH]cc(C)c34)nc(N3CC[C@H](O)[C@H](C)C3)c2C1. The number of piperidine rings is 1. The van der Waals surface area contributed by atoms with Crippen LogP contribution in [0.25, 0.3) is 22.3 Å². The molecule has 6 heteroatoms. The van der Waals surface area contributed by atoms with Crippen LogP contribution >= 0.6 is 0 Å². The zero-order valence-corrected chi connectivity index (χ0v) is 23.3. The molecule has 1 saturated heterocycles. The lowest BCUT2D eigenvalue weighted by Gasteiger charge is -2.39. The summed E-state index contributed by atoms with van der Waals surface area (Å²) in [4.78, 5) is 18.8. The molecule has 6 rings (SSSR count). The Bertz CT molecular complexity index is 1490. The molecule has 0 aliphatic carbocycles. The van der Waals surface area contributed by atoms with Crippen LogP contribution in [-0.4, -0.2) is 45.8 Å². The molecule has 0 saturated carbocycles. The van der Waals surface area contributed by atoms with Crippen LogP contribution in [0.3, 0.4) is 0 Å². The quantitative estimate of drug-likeness (QED) is 0.346. The van der Waals surface area contributed by atoms with Gasteiger partial charge in [-0.15, -0.1) is 0 Å². The molecule has 4 aromatic rings. The Balaban J connectivity index is 1.46. The van der Waals surface area contributed by atoms with Gasteiger partial charge in [-0.05, 0) is 60.9 Å². The zero-order valence-electron chi connectivity index (χ0n) is 23.3. The highest BCUT2D eigenvalue weighted by Crippen LogP contribution is 2.37. The Morgan fingerprint density at radius 1 is 1.03 bits per heavy atom. The molecule has 0 bridgehead atoms. The highest BCUT2D eigenvalue weighted by molar-refractivity contribution is 5.96. The Morgan fingerprint density at radius 3 is 2.66 bits per heavy atom. The second-order valence-electron chi connectivity index (χ2n) is 11.6. The number of nitrogens with zero attached hydrogens (tertiary/aromatic N) is 4. The van der Waals surface area contributed by atoms with Gasteiger partial charge in [-0.2, -0.15) is 0 Å². The predicted octanol–water partition coefficient (Wildman–Crippen LogP) is 6.13. The standard InChI is InChI=1S/C32H39N5O/c1-19(2)23-10-9-20(3)28(15-23)36-13-11-26-25(18-36)32(37-14-12-29(38)22(5)17-37)35-31(34-26)24-7-6-8-27-30(24)21(4)16-33-27/h6-10,15-16,19,22,29,33,38H,11-14,17-18H2,1-5H3/t22-,29+/m1/s1. The molecular formula is C32H39N5O. The number of benzene rings is 2. The first kappa shape index (κ1) is 24.9. The number of aromatic nitrogens is 3. The third kappa shape index (κ3) is 4.35. The van der Waals surface area contributed by atoms with Gasteiger partial charge < -0.3 is 19.9 Å². The van der Waals surface area contributed by atoms with Gasteiger partial charge in [-0.3, -0.25) is 0 Å². The second-order valence-corrected chi connectivity index (χ2v) is 11.6. The van der Waals surface area contributed by atoms with Crippen LogP contribution in [0.15, 0.2) is 42.6 Å². The van der Waals surface area contributed by atoms with Gasteiger partial charge in [0.15, 0.2) is 5.82 Å². The van der Waals surface area contributed by atoms with Crippen LogP contribution in [0.4, 0.5) is 11.5 Å². The van der Waals surface area contributed by atoms with E-state index < -0.39 is 0 Å². The molecule has 2 aromatic heterocycles. The third-order valence-electron chi connectivity index (χ3n) is 8.58. The second kappa shape index (κ2) is 9.73. The number of aliphatic hydroxyl groups excluding tert-OH is 1. The number of aliphatic hydroxyl groups is 1. The molecule has 0 spiro atoms. The number of hydrogen-bond donors (Lipinski definition) is 2. The van der Waals surface area contributed by atoms with Crippen LogP contribution in [0.2, 0.25) is 0 Å². The number of aryl methyl sites for hydroxylation is 2. The van der Waals surface area contributed by atoms with E-state index >= 15 is 0 Å². The van der Waals surface area contributed by atoms with Crippen molar-refractivity contribution in [3.05, 3.63) is 70.5 Å². The molecule has 1 fully saturated rings. The van der Waals surface area contributed by atoms with Crippen molar-refractivity contribution in [1.82, 2.24) is 15.0 Å². The Morgan fingerprint density at radius 2 is 1.87 bits per heavy atom. The minimum Gasteiger partial charge on any atom is -0.393 e. The van der Waals surface area contributed by atoms with Crippen molar-refractivity contribution in [3.8, 4) is 11.4 Å². The summed E-state index contributed by atoms with van der Waals surface area (Å²) in [6, 6.07) is 13.2. The molecule has 2 N–H and O–H groups in total. The van der Waals surface area contributed by atoms with E-state index in [1.54, 1.807) is 0 Å². The maximum Gasteiger partial charge on any atom is 0.162 e. The normalized spacial score (nSPS) is 19.9. The maximum atomic E-state index is 10.5. The van der Waals surface area contributed by atoms with Gasteiger partial charge >= 0.3 is 0 Å². The van der Waals surface area contributed by atoms with Crippen LogP contribution in [-0.2, 0) is 13.0 Å². The smallest absolute Gasteiger partial charge is 0.162 e. The number of H-pyrrole nitrogens is 1. The van der Waals surface area contributed by atoms with Crippen LogP contribution < -0.4 is 9.80 Å². The van der Waals surface area contributed by atoms with E-state index in [-0.39, 0.29) is 12.0 Å². The molecule has 2 aromatic carbocycles. The van der Waals surface area contributed by atoms with Crippen LogP contribution in [0.1, 0.15) is 61.1 Å². The number of nitrogens with one attached hydrogen (secondary N) is 1. The number of fused-ring (bicyclic) bond motifs is 2. The highest BCUT2D eigenvalue weighted by atomic mass is 16.3. The molecule has 0 amide bonds. The fourth-order valence-corrected chi connectivity index (χ4v) is 6.18. The fourth-order valence-electron chi connectivity index (χ4n) is 6.18. The molecule has 2 atom stereocenters. The van der Waals surface area contributed by atoms with Crippen LogP contribution in [0, 0.1) is 19.8 Å². The summed E-state index contributed by atoms with van der Waals surface area (Å²) in [5.41, 5.74) is 9.78. The van der Waals surface area contributed by atoms with Crippen LogP contribution in [0.5, 0.6) is 0 Å². The van der Waals surface area contributed by atoms with Crippen molar-refractivity contribution in [2.45, 2.75) is 66.0 Å². The number of aromatic amines is 1. The van der Waals surface area contributed by atoms with Gasteiger partial charge in [-0.25, -0.2) is 9.97 Å². The summed E-state index contributed by atoms with van der Waals surface area (Å²) in [5.74, 6) is 2.54. The largest absolute Gasteiger partial charge is 0.393 e. The Kier molecular flexibility index (Phi) is 6.39. The Hall–Kier alpha value is -3.38.